The van der Waals surface area contributed by atoms with E-state index in [4.69, 9.17) is 4.42 Å². The smallest absolute Gasteiger partial charge is 0.136 e. The lowest BCUT2D eigenvalue weighted by Gasteiger charge is -2.28. The number of nitrogens with zero attached hydrogens (tertiary/aromatic N) is 1. The summed E-state index contributed by atoms with van der Waals surface area (Å²) in [6.07, 6.45) is 0. The Bertz CT molecular complexity index is 3500. The number of anilines is 3. The van der Waals surface area contributed by atoms with Crippen LogP contribution in [0.5, 0.6) is 0 Å². The quantitative estimate of drug-likeness (QED) is 0.160. The van der Waals surface area contributed by atoms with Crippen LogP contribution in [-0.2, 0) is 5.41 Å². The van der Waals surface area contributed by atoms with Crippen LogP contribution in [0.1, 0.15) is 25.0 Å². The molecule has 1 heterocycles. The Kier molecular flexibility index (Phi) is 8.55. The Labute approximate surface area is 368 Å². The van der Waals surface area contributed by atoms with Gasteiger partial charge in [0.15, 0.2) is 0 Å². The molecule has 0 saturated heterocycles. The molecule has 0 aliphatic heterocycles. The van der Waals surface area contributed by atoms with E-state index in [1.54, 1.807) is 0 Å². The number of hydrogen-bond donors (Lipinski definition) is 0. The third-order valence-electron chi connectivity index (χ3n) is 13.3. The van der Waals surface area contributed by atoms with Crippen molar-refractivity contribution in [3.63, 3.8) is 0 Å². The molecular weight excluding hydrogens is 763 g/mol. The second-order valence-electron chi connectivity index (χ2n) is 17.3. The number of furan rings is 1. The molecule has 63 heavy (non-hydrogen) atoms. The van der Waals surface area contributed by atoms with Gasteiger partial charge in [-0.05, 0) is 138 Å². The maximum atomic E-state index is 6.27. The highest BCUT2D eigenvalue weighted by Gasteiger charge is 2.36. The first-order valence-electron chi connectivity index (χ1n) is 21.8. The summed E-state index contributed by atoms with van der Waals surface area (Å²) >= 11 is 0. The molecule has 0 fully saturated rings. The van der Waals surface area contributed by atoms with Gasteiger partial charge in [0.1, 0.15) is 11.2 Å². The van der Waals surface area contributed by atoms with Crippen LogP contribution in [0.4, 0.5) is 17.1 Å². The molecule has 11 aromatic rings. The van der Waals surface area contributed by atoms with Crippen molar-refractivity contribution in [2.24, 2.45) is 0 Å². The van der Waals surface area contributed by atoms with Crippen LogP contribution in [0.25, 0.3) is 88.3 Å². The predicted molar refractivity (Wildman–Crippen MR) is 265 cm³/mol. The van der Waals surface area contributed by atoms with Crippen molar-refractivity contribution >= 4 is 49.8 Å². The molecule has 1 aromatic heterocycles. The van der Waals surface area contributed by atoms with E-state index in [2.05, 4.69) is 231 Å². The van der Waals surface area contributed by atoms with Gasteiger partial charge in [-0.2, -0.15) is 0 Å². The van der Waals surface area contributed by atoms with Crippen LogP contribution in [0.15, 0.2) is 229 Å². The zero-order valence-corrected chi connectivity index (χ0v) is 35.2. The van der Waals surface area contributed by atoms with Crippen molar-refractivity contribution in [2.45, 2.75) is 19.3 Å². The van der Waals surface area contributed by atoms with Crippen molar-refractivity contribution in [1.29, 1.82) is 0 Å². The van der Waals surface area contributed by atoms with Crippen LogP contribution in [0.2, 0.25) is 0 Å². The SMILES string of the molecule is CC1(C)c2cc(-c3ccccc3)ccc2-c2ccc(N(c3ccc(-c4ccc(-c5cccc6ccccc56)cc4)cc3)c3ccc(-c4ccc5c(c4)oc4ccccc45)cc3)cc21. The van der Waals surface area contributed by atoms with E-state index < -0.39 is 0 Å². The summed E-state index contributed by atoms with van der Waals surface area (Å²) in [6.45, 7) is 4.74. The van der Waals surface area contributed by atoms with Gasteiger partial charge in [-0.25, -0.2) is 0 Å². The largest absolute Gasteiger partial charge is 0.456 e. The number of hydrogen-bond acceptors (Lipinski definition) is 2. The van der Waals surface area contributed by atoms with Gasteiger partial charge in [-0.1, -0.05) is 178 Å². The van der Waals surface area contributed by atoms with Gasteiger partial charge in [0.2, 0.25) is 0 Å². The Hall–Kier alpha value is -7.94. The van der Waals surface area contributed by atoms with E-state index in [0.29, 0.717) is 0 Å². The molecule has 0 amide bonds. The van der Waals surface area contributed by atoms with E-state index in [1.165, 1.54) is 66.4 Å². The molecule has 12 rings (SSSR count). The Morgan fingerprint density at radius 1 is 0.317 bits per heavy atom. The molecule has 2 nitrogen and oxygen atoms in total. The molecule has 2 heteroatoms. The van der Waals surface area contributed by atoms with Gasteiger partial charge in [-0.15, -0.1) is 0 Å². The molecule has 1 aliphatic rings. The van der Waals surface area contributed by atoms with Gasteiger partial charge >= 0.3 is 0 Å². The van der Waals surface area contributed by atoms with Crippen molar-refractivity contribution in [1.82, 2.24) is 0 Å². The van der Waals surface area contributed by atoms with Gasteiger partial charge in [0.05, 0.1) is 0 Å². The monoisotopic (exact) mass is 805 g/mol. The summed E-state index contributed by atoms with van der Waals surface area (Å²) in [5.41, 5.74) is 19.9. The zero-order chi connectivity index (χ0) is 42.1. The number of para-hydroxylation sites is 1. The summed E-state index contributed by atoms with van der Waals surface area (Å²) < 4.78 is 6.27. The molecular formula is C61H43NO. The van der Waals surface area contributed by atoms with E-state index in [-0.39, 0.29) is 5.41 Å². The third-order valence-corrected chi connectivity index (χ3v) is 13.3. The molecule has 298 valence electrons. The predicted octanol–water partition coefficient (Wildman–Crippen LogP) is 17.2. The number of fused-ring (bicyclic) bond motifs is 7. The second-order valence-corrected chi connectivity index (χ2v) is 17.3. The van der Waals surface area contributed by atoms with Gasteiger partial charge in [-0.3, -0.25) is 0 Å². The Morgan fingerprint density at radius 2 is 0.810 bits per heavy atom. The summed E-state index contributed by atoms with van der Waals surface area (Å²) in [4.78, 5) is 2.40. The van der Waals surface area contributed by atoms with E-state index in [9.17, 15) is 0 Å². The molecule has 0 spiro atoms. The average Bonchev–Trinajstić information content (AvgIpc) is 3.83. The van der Waals surface area contributed by atoms with Crippen LogP contribution in [0, 0.1) is 0 Å². The van der Waals surface area contributed by atoms with Crippen molar-refractivity contribution in [3.8, 4) is 55.6 Å². The Morgan fingerprint density at radius 3 is 1.56 bits per heavy atom. The zero-order valence-electron chi connectivity index (χ0n) is 35.2. The molecule has 0 radical (unpaired) electrons. The third kappa shape index (κ3) is 6.25. The molecule has 10 aromatic carbocycles. The Balaban J connectivity index is 0.915. The normalized spacial score (nSPS) is 12.7. The van der Waals surface area contributed by atoms with Crippen LogP contribution < -0.4 is 4.90 Å². The summed E-state index contributed by atoms with van der Waals surface area (Å²) in [6, 6.07) is 81.7. The van der Waals surface area contributed by atoms with Crippen molar-refractivity contribution < 1.29 is 4.42 Å². The lowest BCUT2D eigenvalue weighted by atomic mass is 9.81. The van der Waals surface area contributed by atoms with Crippen LogP contribution >= 0.6 is 0 Å². The standard InChI is InChI=1S/C61H43NO/c1-61(2)57-37-46(40-11-4-3-5-12-40)27-34-53(57)54-36-33-50(39-58(54)61)62(49-31-25-43(26-32-49)47-28-35-56-55-16-8-9-18-59(55)63-60(56)38-47)48-29-23-42(24-30-48)41-19-21-45(22-20-41)52-17-10-14-44-13-6-7-15-51(44)52/h3-39H,1-2H3. The molecule has 1 aliphatic carbocycles. The highest BCUT2D eigenvalue weighted by atomic mass is 16.3. The molecule has 0 saturated carbocycles. The van der Waals surface area contributed by atoms with Gasteiger partial charge in [0, 0.05) is 33.2 Å². The fraction of sp³-hybridized carbons (Fsp3) is 0.0492. The van der Waals surface area contributed by atoms with Crippen molar-refractivity contribution in [3.05, 3.63) is 236 Å². The molecule has 0 unspecified atom stereocenters. The van der Waals surface area contributed by atoms with E-state index >= 15 is 0 Å². The molecule has 0 atom stereocenters. The van der Waals surface area contributed by atoms with Crippen LogP contribution in [0.3, 0.4) is 0 Å². The number of rotatable bonds is 7. The molecule has 0 bridgehead atoms. The molecule has 0 N–H and O–H groups in total. The first-order chi connectivity index (χ1) is 31.0. The van der Waals surface area contributed by atoms with Gasteiger partial charge < -0.3 is 9.32 Å². The minimum atomic E-state index is -0.182. The summed E-state index contributed by atoms with van der Waals surface area (Å²) in [5, 5.41) is 4.81. The fourth-order valence-corrected chi connectivity index (χ4v) is 9.95. The van der Waals surface area contributed by atoms with Crippen molar-refractivity contribution in [2.75, 3.05) is 4.90 Å². The lowest BCUT2D eigenvalue weighted by molar-refractivity contribution is 0.660. The maximum absolute atomic E-state index is 6.27. The first-order valence-corrected chi connectivity index (χ1v) is 21.8. The lowest BCUT2D eigenvalue weighted by Crippen LogP contribution is -2.16. The maximum Gasteiger partial charge on any atom is 0.136 e. The topological polar surface area (TPSA) is 16.4 Å². The highest BCUT2D eigenvalue weighted by Crippen LogP contribution is 2.52. The van der Waals surface area contributed by atoms with E-state index in [0.717, 1.165) is 50.1 Å². The van der Waals surface area contributed by atoms with Gasteiger partial charge in [0.25, 0.3) is 0 Å². The first kappa shape index (κ1) is 36.9. The second kappa shape index (κ2) is 14.6. The number of benzene rings is 10. The highest BCUT2D eigenvalue weighted by molar-refractivity contribution is 6.06. The fourth-order valence-electron chi connectivity index (χ4n) is 9.95. The van der Waals surface area contributed by atoms with E-state index in [1.807, 2.05) is 12.1 Å². The minimum Gasteiger partial charge on any atom is -0.456 e. The summed E-state index contributed by atoms with van der Waals surface area (Å²) in [5.74, 6) is 0. The van der Waals surface area contributed by atoms with Crippen LogP contribution in [-0.4, -0.2) is 0 Å². The summed E-state index contributed by atoms with van der Waals surface area (Å²) in [7, 11) is 0. The average molecular weight is 806 g/mol. The minimum absolute atomic E-state index is 0.182.